The number of pyridine rings is 1. The fourth-order valence-electron chi connectivity index (χ4n) is 4.20. The number of hydrogen-bond acceptors (Lipinski definition) is 7. The fraction of sp³-hybridized carbons (Fsp3) is 0.160. The second-order valence-corrected chi connectivity index (χ2v) is 8.55. The monoisotopic (exact) mass is 494 g/mol. The second kappa shape index (κ2) is 8.68. The molecule has 1 aliphatic rings. The number of carbonyl (C=O) groups is 1. The number of amides is 1. The molecular weight excluding hydrogens is 475 g/mol. The number of fused-ring (bicyclic) bond motifs is 1. The molecule has 1 amide bonds. The Morgan fingerprint density at radius 2 is 1.97 bits per heavy atom. The number of aryl methyl sites for hydroxylation is 1. The lowest BCUT2D eigenvalue weighted by Gasteiger charge is -2.19. The Bertz CT molecular complexity index is 1440. The van der Waals surface area contributed by atoms with E-state index in [4.69, 9.17) is 21.8 Å². The first kappa shape index (κ1) is 22.8. The maximum absolute atomic E-state index is 14.6. The Labute approximate surface area is 204 Å². The molecule has 0 bridgehead atoms. The van der Waals surface area contributed by atoms with Gasteiger partial charge >= 0.3 is 6.09 Å². The van der Waals surface area contributed by atoms with E-state index in [1.807, 2.05) is 0 Å². The van der Waals surface area contributed by atoms with Crippen molar-refractivity contribution in [3.05, 3.63) is 82.8 Å². The van der Waals surface area contributed by atoms with E-state index in [1.165, 1.54) is 31.6 Å². The van der Waals surface area contributed by atoms with Crippen molar-refractivity contribution in [1.82, 2.24) is 9.97 Å². The molecule has 8 nitrogen and oxygen atoms in total. The first-order valence-electron chi connectivity index (χ1n) is 10.7. The van der Waals surface area contributed by atoms with E-state index >= 15 is 0 Å². The number of methoxy groups -OCH3 is 1. The van der Waals surface area contributed by atoms with Crippen LogP contribution in [0.1, 0.15) is 23.6 Å². The third kappa shape index (κ3) is 3.98. The van der Waals surface area contributed by atoms with Crippen molar-refractivity contribution in [2.45, 2.75) is 18.4 Å². The van der Waals surface area contributed by atoms with Crippen LogP contribution in [0, 0.1) is 5.82 Å². The molecule has 5 rings (SSSR count). The molecule has 0 radical (unpaired) electrons. The molecule has 2 heterocycles. The van der Waals surface area contributed by atoms with Crippen LogP contribution in [0.4, 0.5) is 20.6 Å². The molecule has 1 aliphatic carbocycles. The molecule has 0 saturated carbocycles. The highest BCUT2D eigenvalue weighted by Crippen LogP contribution is 2.43. The van der Waals surface area contributed by atoms with Crippen LogP contribution in [-0.4, -0.2) is 28.3 Å². The van der Waals surface area contributed by atoms with Crippen molar-refractivity contribution in [2.24, 2.45) is 0 Å². The summed E-state index contributed by atoms with van der Waals surface area (Å²) >= 11 is 5.93. The van der Waals surface area contributed by atoms with E-state index in [2.05, 4.69) is 20.0 Å². The molecule has 10 heteroatoms. The van der Waals surface area contributed by atoms with Gasteiger partial charge < -0.3 is 20.0 Å². The number of nitrogens with one attached hydrogen (secondary N) is 1. The highest BCUT2D eigenvalue weighted by atomic mass is 35.5. The summed E-state index contributed by atoms with van der Waals surface area (Å²) in [6, 6.07) is 11.6. The fourth-order valence-corrected chi connectivity index (χ4v) is 4.35. The van der Waals surface area contributed by atoms with Gasteiger partial charge in [-0.15, -0.1) is 0 Å². The number of rotatable bonds is 4. The molecule has 4 aromatic rings. The minimum Gasteiger partial charge on any atom is -0.453 e. The predicted molar refractivity (Wildman–Crippen MR) is 128 cm³/mol. The third-order valence-corrected chi connectivity index (χ3v) is 6.28. The zero-order valence-corrected chi connectivity index (χ0v) is 19.3. The van der Waals surface area contributed by atoms with Crippen molar-refractivity contribution >= 4 is 29.1 Å². The van der Waals surface area contributed by atoms with Crippen molar-refractivity contribution < 1.29 is 23.4 Å². The van der Waals surface area contributed by atoms with Crippen LogP contribution in [0.5, 0.6) is 0 Å². The number of anilines is 2. The average molecular weight is 495 g/mol. The van der Waals surface area contributed by atoms with Crippen LogP contribution in [-0.2, 0) is 16.8 Å². The van der Waals surface area contributed by atoms with Gasteiger partial charge in [0.2, 0.25) is 5.89 Å². The number of nitrogens with two attached hydrogens (primary N) is 1. The topological polar surface area (TPSA) is 124 Å². The quantitative estimate of drug-likeness (QED) is 0.335. The summed E-state index contributed by atoms with van der Waals surface area (Å²) in [5, 5.41) is 14.0. The predicted octanol–water partition coefficient (Wildman–Crippen LogP) is 5.14. The Balaban J connectivity index is 1.44. The molecule has 1 atom stereocenters. The molecule has 2 aromatic heterocycles. The maximum atomic E-state index is 14.6. The molecule has 35 heavy (non-hydrogen) atoms. The van der Waals surface area contributed by atoms with Crippen LogP contribution in [0.3, 0.4) is 0 Å². The largest absolute Gasteiger partial charge is 0.453 e. The molecule has 178 valence electrons. The molecular formula is C25H20ClFN4O4. The summed E-state index contributed by atoms with van der Waals surface area (Å²) < 4.78 is 25.1. The molecule has 4 N–H and O–H groups in total. The summed E-state index contributed by atoms with van der Waals surface area (Å²) in [5.41, 5.74) is 7.73. The average Bonchev–Trinajstić information content (AvgIpc) is 3.48. The third-order valence-electron chi connectivity index (χ3n) is 5.99. The minimum atomic E-state index is -1.53. The Morgan fingerprint density at radius 1 is 1.20 bits per heavy atom. The standard InChI is InChI=1S/C25H20ClFN4O4/c1-34-24(32)31-16-4-2-13(3-5-16)19-12-30-23(35-19)25(33)9-8-14-10-15(11-29-22(14)25)20-18(28)7-6-17(26)21(20)27/h2-7,10-12,33H,8-9,28H2,1H3,(H,31,32). The van der Waals surface area contributed by atoms with Crippen molar-refractivity contribution in [3.8, 4) is 22.5 Å². The van der Waals surface area contributed by atoms with Crippen LogP contribution in [0.15, 0.2) is 59.3 Å². The number of ether oxygens (including phenoxy) is 1. The highest BCUT2D eigenvalue weighted by molar-refractivity contribution is 6.31. The van der Waals surface area contributed by atoms with Gasteiger partial charge in [0.25, 0.3) is 0 Å². The number of benzene rings is 2. The molecule has 0 fully saturated rings. The number of carbonyl (C=O) groups excluding carboxylic acids is 1. The molecule has 0 saturated heterocycles. The van der Waals surface area contributed by atoms with Gasteiger partial charge in [-0.2, -0.15) is 0 Å². The summed E-state index contributed by atoms with van der Waals surface area (Å²) in [6.45, 7) is 0. The van der Waals surface area contributed by atoms with Crippen LogP contribution < -0.4 is 11.1 Å². The van der Waals surface area contributed by atoms with Gasteiger partial charge in [-0.1, -0.05) is 11.6 Å². The Kier molecular flexibility index (Phi) is 5.66. The van der Waals surface area contributed by atoms with Crippen LogP contribution >= 0.6 is 11.6 Å². The van der Waals surface area contributed by atoms with Crippen LogP contribution in [0.2, 0.25) is 5.02 Å². The molecule has 1 unspecified atom stereocenters. The lowest BCUT2D eigenvalue weighted by Crippen LogP contribution is -2.25. The van der Waals surface area contributed by atoms with Gasteiger partial charge in [-0.3, -0.25) is 10.3 Å². The SMILES string of the molecule is COC(=O)Nc1ccc(-c2cnc(C3(O)CCc4cc(-c5c(N)ccc(Cl)c5F)cnc43)o2)cc1. The second-order valence-electron chi connectivity index (χ2n) is 8.14. The minimum absolute atomic E-state index is 0.0346. The summed E-state index contributed by atoms with van der Waals surface area (Å²) in [5.74, 6) is -0.0691. The number of nitrogen functional groups attached to an aromatic ring is 1. The lowest BCUT2D eigenvalue weighted by molar-refractivity contribution is 0.0498. The number of oxazole rings is 1. The van der Waals surface area contributed by atoms with Gasteiger partial charge in [-0.05, 0) is 60.9 Å². The van der Waals surface area contributed by atoms with Crippen molar-refractivity contribution in [3.63, 3.8) is 0 Å². The molecule has 2 aromatic carbocycles. The van der Waals surface area contributed by atoms with E-state index in [9.17, 15) is 14.3 Å². The zero-order valence-electron chi connectivity index (χ0n) is 18.5. The Morgan fingerprint density at radius 3 is 2.71 bits per heavy atom. The van der Waals surface area contributed by atoms with Gasteiger partial charge in [0.05, 0.1) is 24.0 Å². The van der Waals surface area contributed by atoms with Crippen LogP contribution in [0.25, 0.3) is 22.5 Å². The number of halogens is 2. The normalized spacial score (nSPS) is 16.7. The number of aromatic nitrogens is 2. The number of nitrogens with zero attached hydrogens (tertiary/aromatic N) is 2. The van der Waals surface area contributed by atoms with E-state index in [0.717, 1.165) is 5.56 Å². The van der Waals surface area contributed by atoms with Gasteiger partial charge in [0.15, 0.2) is 17.2 Å². The highest BCUT2D eigenvalue weighted by Gasteiger charge is 2.44. The van der Waals surface area contributed by atoms with E-state index in [1.54, 1.807) is 30.3 Å². The molecule has 0 spiro atoms. The summed E-state index contributed by atoms with van der Waals surface area (Å²) in [7, 11) is 1.28. The smallest absolute Gasteiger partial charge is 0.411 e. The number of hydrogen-bond donors (Lipinski definition) is 3. The first-order valence-corrected chi connectivity index (χ1v) is 11.1. The first-order chi connectivity index (χ1) is 16.8. The zero-order chi connectivity index (χ0) is 24.7. The van der Waals surface area contributed by atoms with Gasteiger partial charge in [0.1, 0.15) is 0 Å². The Hall–Kier alpha value is -3.95. The number of aliphatic hydroxyl groups is 1. The van der Waals surface area contributed by atoms with Crippen molar-refractivity contribution in [1.29, 1.82) is 0 Å². The lowest BCUT2D eigenvalue weighted by atomic mass is 9.99. The maximum Gasteiger partial charge on any atom is 0.411 e. The van der Waals surface area contributed by atoms with E-state index in [-0.39, 0.29) is 22.2 Å². The van der Waals surface area contributed by atoms with E-state index in [0.29, 0.717) is 41.1 Å². The van der Waals surface area contributed by atoms with Gasteiger partial charge in [0, 0.05) is 34.3 Å². The molecule has 0 aliphatic heterocycles. The summed E-state index contributed by atoms with van der Waals surface area (Å²) in [4.78, 5) is 20.1. The van der Waals surface area contributed by atoms with Crippen molar-refractivity contribution in [2.75, 3.05) is 18.2 Å². The van der Waals surface area contributed by atoms with E-state index < -0.39 is 17.5 Å². The summed E-state index contributed by atoms with van der Waals surface area (Å²) in [6.07, 6.45) is 3.19. The van der Waals surface area contributed by atoms with Gasteiger partial charge in [-0.25, -0.2) is 14.2 Å².